The van der Waals surface area contributed by atoms with Gasteiger partial charge in [-0.05, 0) is 0 Å². The van der Waals surface area contributed by atoms with E-state index < -0.39 is 0 Å². The van der Waals surface area contributed by atoms with E-state index in [-0.39, 0.29) is 11.4 Å². The molecule has 0 aromatic rings. The molecule has 1 fully saturated rings. The van der Waals surface area contributed by atoms with E-state index in [2.05, 4.69) is 24.5 Å². The van der Waals surface area contributed by atoms with E-state index in [0.717, 1.165) is 0 Å². The average Bonchev–Trinajstić information content (AvgIpc) is 2.20. The van der Waals surface area contributed by atoms with Crippen LogP contribution in [0.2, 0.25) is 0 Å². The van der Waals surface area contributed by atoms with Gasteiger partial charge in [0, 0.05) is 6.54 Å². The number of nitrogens with one attached hydrogen (secondary N) is 1. The number of hydrogen-bond acceptors (Lipinski definition) is 3. The van der Waals surface area contributed by atoms with Gasteiger partial charge in [0.25, 0.3) is 0 Å². The molecule has 0 radical (unpaired) electrons. The lowest BCUT2D eigenvalue weighted by atomic mass is 10.5. The number of rotatable bonds is 2. The Labute approximate surface area is 65.5 Å². The van der Waals surface area contributed by atoms with Crippen LogP contribution in [-0.2, 0) is 4.79 Å². The molecule has 1 amide bonds. The molecule has 1 unspecified atom stereocenters. The third kappa shape index (κ3) is 1.33. The Morgan fingerprint density at radius 3 is 3.10 bits per heavy atom. The molecule has 1 aliphatic heterocycles. The highest BCUT2D eigenvalue weighted by Crippen LogP contribution is 2.06. The number of amides is 1. The lowest BCUT2D eigenvalue weighted by Crippen LogP contribution is -2.32. The van der Waals surface area contributed by atoms with Crippen LogP contribution in [0.1, 0.15) is 0 Å². The minimum atomic E-state index is -0.134. The Morgan fingerprint density at radius 1 is 2.00 bits per heavy atom. The fourth-order valence-electron chi connectivity index (χ4n) is 0.867. The Balaban J connectivity index is 2.53. The highest BCUT2D eigenvalue weighted by Gasteiger charge is 2.25. The van der Waals surface area contributed by atoms with Crippen molar-refractivity contribution in [3.8, 4) is 0 Å². The first-order valence-electron chi connectivity index (χ1n) is 3.07. The van der Waals surface area contributed by atoms with Crippen molar-refractivity contribution in [1.29, 1.82) is 0 Å². The van der Waals surface area contributed by atoms with E-state index in [9.17, 15) is 4.79 Å². The van der Waals surface area contributed by atoms with Gasteiger partial charge in [0.2, 0.25) is 5.91 Å². The van der Waals surface area contributed by atoms with Gasteiger partial charge in [-0.1, -0.05) is 6.08 Å². The summed E-state index contributed by atoms with van der Waals surface area (Å²) < 4.78 is 0. The summed E-state index contributed by atoms with van der Waals surface area (Å²) in [4.78, 5) is 12.6. The molecule has 0 spiro atoms. The Kier molecular flexibility index (Phi) is 2.34. The number of carbonyl (C=O) groups excluding carboxylic acids is 1. The fourth-order valence-corrected chi connectivity index (χ4v) is 1.18. The van der Waals surface area contributed by atoms with E-state index in [1.165, 1.54) is 0 Å². The Bertz CT molecular complexity index is 160. The molecule has 1 rings (SSSR count). The van der Waals surface area contributed by atoms with Gasteiger partial charge >= 0.3 is 0 Å². The zero-order valence-electron chi connectivity index (χ0n) is 5.58. The van der Waals surface area contributed by atoms with E-state index in [1.54, 1.807) is 11.0 Å². The van der Waals surface area contributed by atoms with Gasteiger partial charge in [-0.3, -0.25) is 10.1 Å². The summed E-state index contributed by atoms with van der Waals surface area (Å²) in [7, 11) is 0. The topological polar surface area (TPSA) is 32.3 Å². The van der Waals surface area contributed by atoms with Crippen molar-refractivity contribution in [3.63, 3.8) is 0 Å². The van der Waals surface area contributed by atoms with Crippen molar-refractivity contribution in [2.24, 2.45) is 0 Å². The standard InChI is InChI=1S/C6H10N2OS/c1-2-3-8-5(9)4-7-6(8)10/h2,6-7,10H,1,3-4H2. The first-order valence-corrected chi connectivity index (χ1v) is 3.59. The lowest BCUT2D eigenvalue weighted by Gasteiger charge is -2.17. The quantitative estimate of drug-likeness (QED) is 0.431. The maximum atomic E-state index is 10.9. The summed E-state index contributed by atoms with van der Waals surface area (Å²) in [5, 5.41) is 2.90. The molecule has 0 aliphatic carbocycles. The zero-order valence-corrected chi connectivity index (χ0v) is 6.47. The normalized spacial score (nSPS) is 25.5. The van der Waals surface area contributed by atoms with Gasteiger partial charge in [-0.15, -0.1) is 19.2 Å². The van der Waals surface area contributed by atoms with Crippen LogP contribution in [-0.4, -0.2) is 29.4 Å². The van der Waals surface area contributed by atoms with Crippen molar-refractivity contribution in [3.05, 3.63) is 12.7 Å². The van der Waals surface area contributed by atoms with Crippen LogP contribution in [0, 0.1) is 0 Å². The second kappa shape index (κ2) is 3.07. The molecule has 1 aliphatic rings. The van der Waals surface area contributed by atoms with Crippen LogP contribution in [0.25, 0.3) is 0 Å². The molecule has 4 heteroatoms. The third-order valence-corrected chi connectivity index (χ3v) is 1.84. The maximum absolute atomic E-state index is 10.9. The number of hydrogen-bond donors (Lipinski definition) is 2. The summed E-state index contributed by atoms with van der Waals surface area (Å²) in [6, 6.07) is 0. The molecule has 1 atom stereocenters. The summed E-state index contributed by atoms with van der Waals surface area (Å²) >= 11 is 4.13. The molecule has 1 N–H and O–H groups in total. The molecule has 56 valence electrons. The van der Waals surface area contributed by atoms with E-state index in [0.29, 0.717) is 13.1 Å². The second-order valence-corrected chi connectivity index (χ2v) is 2.58. The third-order valence-electron chi connectivity index (χ3n) is 1.38. The fraction of sp³-hybridized carbons (Fsp3) is 0.500. The molecular formula is C6H10N2OS. The molecule has 10 heavy (non-hydrogen) atoms. The molecular weight excluding hydrogens is 148 g/mol. The number of nitrogens with zero attached hydrogens (tertiary/aromatic N) is 1. The predicted octanol–water partition coefficient (Wildman–Crippen LogP) is -0.182. The molecule has 0 bridgehead atoms. The second-order valence-electron chi connectivity index (χ2n) is 2.09. The largest absolute Gasteiger partial charge is 0.313 e. The maximum Gasteiger partial charge on any atom is 0.238 e. The SMILES string of the molecule is C=CCN1C(=O)CNC1S. The van der Waals surface area contributed by atoms with Gasteiger partial charge in [0.05, 0.1) is 6.54 Å². The summed E-state index contributed by atoms with van der Waals surface area (Å²) in [6.07, 6.45) is 1.69. The lowest BCUT2D eigenvalue weighted by molar-refractivity contribution is -0.126. The van der Waals surface area contributed by atoms with Gasteiger partial charge in [0.15, 0.2) is 0 Å². The van der Waals surface area contributed by atoms with Gasteiger partial charge in [0.1, 0.15) is 5.50 Å². The molecule has 0 aromatic carbocycles. The van der Waals surface area contributed by atoms with Crippen LogP contribution in [0.5, 0.6) is 0 Å². The first-order chi connectivity index (χ1) is 4.75. The average molecular weight is 158 g/mol. The van der Waals surface area contributed by atoms with Gasteiger partial charge < -0.3 is 4.90 Å². The molecule has 0 aromatic heterocycles. The number of thiol groups is 1. The van der Waals surface area contributed by atoms with Crippen LogP contribution in [0.4, 0.5) is 0 Å². The molecule has 1 saturated heterocycles. The smallest absolute Gasteiger partial charge is 0.238 e. The highest BCUT2D eigenvalue weighted by molar-refractivity contribution is 7.80. The van der Waals surface area contributed by atoms with E-state index in [4.69, 9.17) is 0 Å². The summed E-state index contributed by atoms with van der Waals surface area (Å²) in [5.41, 5.74) is -0.134. The van der Waals surface area contributed by atoms with Gasteiger partial charge in [-0.25, -0.2) is 0 Å². The molecule has 3 nitrogen and oxygen atoms in total. The van der Waals surface area contributed by atoms with Gasteiger partial charge in [-0.2, -0.15) is 0 Å². The van der Waals surface area contributed by atoms with Crippen molar-refractivity contribution < 1.29 is 4.79 Å². The summed E-state index contributed by atoms with van der Waals surface area (Å²) in [5.74, 6) is 0.0832. The monoisotopic (exact) mass is 158 g/mol. The van der Waals surface area contributed by atoms with E-state index in [1.807, 2.05) is 0 Å². The molecule has 0 saturated carbocycles. The van der Waals surface area contributed by atoms with Crippen molar-refractivity contribution in [2.45, 2.75) is 5.50 Å². The Hall–Kier alpha value is -0.480. The molecule has 1 heterocycles. The zero-order chi connectivity index (χ0) is 7.56. The van der Waals surface area contributed by atoms with Crippen LogP contribution < -0.4 is 5.32 Å². The van der Waals surface area contributed by atoms with Crippen LogP contribution >= 0.6 is 12.6 Å². The minimum Gasteiger partial charge on any atom is -0.313 e. The van der Waals surface area contributed by atoms with Crippen molar-refractivity contribution in [1.82, 2.24) is 10.2 Å². The highest BCUT2D eigenvalue weighted by atomic mass is 32.1. The summed E-state index contributed by atoms with van der Waals surface area (Å²) in [6.45, 7) is 4.50. The van der Waals surface area contributed by atoms with Crippen molar-refractivity contribution >= 4 is 18.5 Å². The number of carbonyl (C=O) groups is 1. The first kappa shape index (κ1) is 7.63. The minimum absolute atomic E-state index is 0.0832. The van der Waals surface area contributed by atoms with E-state index >= 15 is 0 Å². The Morgan fingerprint density at radius 2 is 2.70 bits per heavy atom. The van der Waals surface area contributed by atoms with Crippen molar-refractivity contribution in [2.75, 3.05) is 13.1 Å². The predicted molar refractivity (Wildman–Crippen MR) is 42.7 cm³/mol. The van der Waals surface area contributed by atoms with Crippen LogP contribution in [0.15, 0.2) is 12.7 Å². The van der Waals surface area contributed by atoms with Crippen LogP contribution in [0.3, 0.4) is 0 Å².